The molecule has 2 aromatic carbocycles. The first-order valence-electron chi connectivity index (χ1n) is 8.29. The maximum absolute atomic E-state index is 12.4. The summed E-state index contributed by atoms with van der Waals surface area (Å²) in [5.74, 6) is 1.71. The third kappa shape index (κ3) is 3.87. The van der Waals surface area contributed by atoms with Crippen LogP contribution in [0, 0.1) is 0 Å². The van der Waals surface area contributed by atoms with Crippen LogP contribution in [-0.2, 0) is 0 Å². The van der Waals surface area contributed by atoms with E-state index in [0.717, 1.165) is 22.2 Å². The van der Waals surface area contributed by atoms with Gasteiger partial charge in [-0.05, 0) is 49.4 Å². The summed E-state index contributed by atoms with van der Waals surface area (Å²) < 4.78 is 15.8. The molecule has 0 aliphatic carbocycles. The van der Waals surface area contributed by atoms with Crippen LogP contribution in [0.3, 0.4) is 0 Å². The molecule has 7 nitrogen and oxygen atoms in total. The van der Waals surface area contributed by atoms with E-state index in [4.69, 9.17) is 14.2 Å². The van der Waals surface area contributed by atoms with Crippen LogP contribution >= 0.6 is 0 Å². The van der Waals surface area contributed by atoms with Crippen molar-refractivity contribution in [1.82, 2.24) is 10.4 Å². The number of aromatic nitrogens is 1. The summed E-state index contributed by atoms with van der Waals surface area (Å²) in [6, 6.07) is 12.7. The largest absolute Gasteiger partial charge is 0.497 e. The Balaban J connectivity index is 1.82. The van der Waals surface area contributed by atoms with Crippen molar-refractivity contribution in [2.45, 2.75) is 6.92 Å². The Kier molecular flexibility index (Phi) is 5.30. The number of ether oxygens (including phenoxy) is 3. The molecule has 0 aliphatic heterocycles. The molecule has 0 saturated heterocycles. The summed E-state index contributed by atoms with van der Waals surface area (Å²) in [4.78, 5) is 15.5. The smallest absolute Gasteiger partial charge is 0.287 e. The minimum absolute atomic E-state index is 0.341. The van der Waals surface area contributed by atoms with E-state index in [2.05, 4.69) is 15.5 Å². The molecule has 0 bridgehead atoms. The average molecular weight is 367 g/mol. The van der Waals surface area contributed by atoms with Crippen LogP contribution in [0.2, 0.25) is 0 Å². The van der Waals surface area contributed by atoms with Crippen molar-refractivity contribution in [1.29, 1.82) is 0 Å². The van der Waals surface area contributed by atoms with E-state index in [9.17, 15) is 4.79 Å². The highest BCUT2D eigenvalue weighted by molar-refractivity contribution is 6.03. The molecule has 1 heterocycles. The van der Waals surface area contributed by atoms with Gasteiger partial charge in [-0.3, -0.25) is 4.79 Å². The second-order valence-electron chi connectivity index (χ2n) is 5.84. The molecule has 0 aliphatic rings. The molecule has 1 amide bonds. The molecule has 0 fully saturated rings. The lowest BCUT2D eigenvalue weighted by atomic mass is 10.1. The Morgan fingerprint density at radius 2 is 1.67 bits per heavy atom. The number of nitrogens with one attached hydrogen (secondary N) is 2. The predicted molar refractivity (Wildman–Crippen MR) is 104 cm³/mol. The standard InChI is InChI=1S/C20H21N3O4/c1-12(16-11-15(26-3)6-8-19(16)27-4)22-23-20(24)18-10-13-9-14(25-2)5-7-17(13)21-18/h5-11,21H,1-4H3,(H,23,24)/b22-12-. The number of carbonyl (C=O) groups excluding carboxylic acids is 1. The molecule has 0 saturated carbocycles. The lowest BCUT2D eigenvalue weighted by molar-refractivity contribution is 0.0950. The number of rotatable bonds is 6. The van der Waals surface area contributed by atoms with E-state index in [0.29, 0.717) is 22.9 Å². The van der Waals surface area contributed by atoms with E-state index in [1.165, 1.54) is 0 Å². The zero-order chi connectivity index (χ0) is 19.4. The van der Waals surface area contributed by atoms with Crippen LogP contribution in [0.4, 0.5) is 0 Å². The normalized spacial score (nSPS) is 11.3. The number of hydrogen-bond donors (Lipinski definition) is 2. The number of methoxy groups -OCH3 is 3. The summed E-state index contributed by atoms with van der Waals surface area (Å²) >= 11 is 0. The van der Waals surface area contributed by atoms with Gasteiger partial charge in [-0.1, -0.05) is 0 Å². The van der Waals surface area contributed by atoms with Gasteiger partial charge in [0.25, 0.3) is 5.91 Å². The number of hydrogen-bond acceptors (Lipinski definition) is 5. The molecular weight excluding hydrogens is 346 g/mol. The van der Waals surface area contributed by atoms with E-state index in [-0.39, 0.29) is 5.91 Å². The monoisotopic (exact) mass is 367 g/mol. The van der Waals surface area contributed by atoms with Crippen molar-refractivity contribution in [2.75, 3.05) is 21.3 Å². The van der Waals surface area contributed by atoms with E-state index in [1.54, 1.807) is 52.5 Å². The van der Waals surface area contributed by atoms with Crippen molar-refractivity contribution in [2.24, 2.45) is 5.10 Å². The number of carbonyl (C=O) groups is 1. The van der Waals surface area contributed by atoms with E-state index in [1.807, 2.05) is 18.2 Å². The number of nitrogens with zero attached hydrogens (tertiary/aromatic N) is 1. The number of aromatic amines is 1. The van der Waals surface area contributed by atoms with Gasteiger partial charge >= 0.3 is 0 Å². The molecule has 3 aromatic rings. The first-order valence-corrected chi connectivity index (χ1v) is 8.29. The highest BCUT2D eigenvalue weighted by Gasteiger charge is 2.12. The molecule has 3 rings (SSSR count). The van der Waals surface area contributed by atoms with Crippen LogP contribution in [-0.4, -0.2) is 37.9 Å². The molecule has 2 N–H and O–H groups in total. The van der Waals surface area contributed by atoms with Gasteiger partial charge in [0.2, 0.25) is 0 Å². The van der Waals surface area contributed by atoms with Crippen molar-refractivity contribution in [3.05, 3.63) is 53.7 Å². The van der Waals surface area contributed by atoms with Crippen LogP contribution in [0.25, 0.3) is 10.9 Å². The first-order chi connectivity index (χ1) is 13.0. The predicted octanol–water partition coefficient (Wildman–Crippen LogP) is 3.35. The molecule has 0 radical (unpaired) electrons. The lowest BCUT2D eigenvalue weighted by Gasteiger charge is -2.10. The van der Waals surface area contributed by atoms with Crippen molar-refractivity contribution in [3.63, 3.8) is 0 Å². The van der Waals surface area contributed by atoms with Crippen LogP contribution < -0.4 is 19.6 Å². The third-order valence-corrected chi connectivity index (χ3v) is 4.19. The average Bonchev–Trinajstić information content (AvgIpc) is 3.14. The summed E-state index contributed by atoms with van der Waals surface area (Å²) in [6.07, 6.45) is 0. The second-order valence-corrected chi connectivity index (χ2v) is 5.84. The first kappa shape index (κ1) is 18.3. The maximum Gasteiger partial charge on any atom is 0.287 e. The van der Waals surface area contributed by atoms with Gasteiger partial charge in [-0.25, -0.2) is 5.43 Å². The van der Waals surface area contributed by atoms with Crippen LogP contribution in [0.1, 0.15) is 23.0 Å². The Labute approximate surface area is 156 Å². The van der Waals surface area contributed by atoms with Crippen molar-refractivity contribution >= 4 is 22.5 Å². The summed E-state index contributed by atoms with van der Waals surface area (Å²) in [5, 5.41) is 5.08. The SMILES string of the molecule is COc1ccc(OC)c(/C(C)=N\NC(=O)c2cc3cc(OC)ccc3[nH]2)c1. The number of H-pyrrole nitrogens is 1. The Bertz CT molecular complexity index is 1010. The fourth-order valence-corrected chi connectivity index (χ4v) is 2.71. The molecule has 1 aromatic heterocycles. The van der Waals surface area contributed by atoms with Gasteiger partial charge in [-0.15, -0.1) is 0 Å². The third-order valence-electron chi connectivity index (χ3n) is 4.19. The molecule has 27 heavy (non-hydrogen) atoms. The number of amides is 1. The molecule has 7 heteroatoms. The number of fused-ring (bicyclic) bond motifs is 1. The Morgan fingerprint density at radius 3 is 2.37 bits per heavy atom. The quantitative estimate of drug-likeness (QED) is 0.517. The van der Waals surface area contributed by atoms with Crippen LogP contribution in [0.5, 0.6) is 17.2 Å². The molecule has 140 valence electrons. The van der Waals surface area contributed by atoms with Crippen LogP contribution in [0.15, 0.2) is 47.6 Å². The lowest BCUT2D eigenvalue weighted by Crippen LogP contribution is -2.19. The van der Waals surface area contributed by atoms with Gasteiger partial charge in [0, 0.05) is 16.5 Å². The highest BCUT2D eigenvalue weighted by atomic mass is 16.5. The summed E-state index contributed by atoms with van der Waals surface area (Å²) in [7, 11) is 4.77. The van der Waals surface area contributed by atoms with Gasteiger partial charge in [0.15, 0.2) is 0 Å². The van der Waals surface area contributed by atoms with Gasteiger partial charge in [0.05, 0.1) is 27.0 Å². The molecule has 0 unspecified atom stereocenters. The summed E-state index contributed by atoms with van der Waals surface area (Å²) in [5.41, 5.74) is 5.15. The maximum atomic E-state index is 12.4. The van der Waals surface area contributed by atoms with Gasteiger partial charge in [-0.2, -0.15) is 5.10 Å². The molecular formula is C20H21N3O4. The topological polar surface area (TPSA) is 84.9 Å². The summed E-state index contributed by atoms with van der Waals surface area (Å²) in [6.45, 7) is 1.79. The van der Waals surface area contributed by atoms with Gasteiger partial charge in [0.1, 0.15) is 22.9 Å². The Morgan fingerprint density at radius 1 is 0.963 bits per heavy atom. The van der Waals surface area contributed by atoms with Crippen molar-refractivity contribution in [3.8, 4) is 17.2 Å². The van der Waals surface area contributed by atoms with E-state index >= 15 is 0 Å². The Hall–Kier alpha value is -3.48. The zero-order valence-corrected chi connectivity index (χ0v) is 15.6. The second kappa shape index (κ2) is 7.82. The van der Waals surface area contributed by atoms with E-state index < -0.39 is 0 Å². The molecule has 0 atom stereocenters. The van der Waals surface area contributed by atoms with Gasteiger partial charge < -0.3 is 19.2 Å². The fourth-order valence-electron chi connectivity index (χ4n) is 2.71. The molecule has 0 spiro atoms. The minimum Gasteiger partial charge on any atom is -0.497 e. The van der Waals surface area contributed by atoms with Crippen molar-refractivity contribution < 1.29 is 19.0 Å². The minimum atomic E-state index is -0.341. The fraction of sp³-hybridized carbons (Fsp3) is 0.200. The zero-order valence-electron chi connectivity index (χ0n) is 15.6. The number of hydrazone groups is 1. The highest BCUT2D eigenvalue weighted by Crippen LogP contribution is 2.25. The number of benzene rings is 2.